The molecule has 158 valence electrons. The van der Waals surface area contributed by atoms with E-state index in [9.17, 15) is 18.3 Å². The Hall–Kier alpha value is -1.64. The lowest BCUT2D eigenvalue weighted by Crippen LogP contribution is -2.51. The number of aryl methyl sites for hydroxylation is 1. The minimum atomic E-state index is -3.87. The van der Waals surface area contributed by atoms with Crippen LogP contribution in [0.15, 0.2) is 29.2 Å². The zero-order valence-corrected chi connectivity index (χ0v) is 17.9. The normalized spacial score (nSPS) is 19.3. The number of rotatable bonds is 6. The van der Waals surface area contributed by atoms with E-state index >= 15 is 0 Å². The summed E-state index contributed by atoms with van der Waals surface area (Å²) < 4.78 is 35.0. The van der Waals surface area contributed by atoms with Crippen LogP contribution >= 0.6 is 0 Å². The van der Waals surface area contributed by atoms with Crippen LogP contribution in [0.1, 0.15) is 52.0 Å². The fourth-order valence-corrected chi connectivity index (χ4v) is 4.07. The molecule has 1 aliphatic heterocycles. The molecular formula is C20H31NO6S. The van der Waals surface area contributed by atoms with Crippen LogP contribution in [0, 0.1) is 6.92 Å². The Morgan fingerprint density at radius 1 is 1.25 bits per heavy atom. The van der Waals surface area contributed by atoms with Crippen LogP contribution in [0.5, 0.6) is 0 Å². The molecule has 1 fully saturated rings. The Balaban J connectivity index is 1.93. The van der Waals surface area contributed by atoms with E-state index in [1.165, 1.54) is 12.1 Å². The molecule has 1 aromatic carbocycles. The molecule has 0 unspecified atom stereocenters. The minimum Gasteiger partial charge on any atom is -0.444 e. The summed E-state index contributed by atoms with van der Waals surface area (Å²) in [5.74, 6) is 0. The molecule has 0 saturated carbocycles. The smallest absolute Gasteiger partial charge is 0.410 e. The van der Waals surface area contributed by atoms with Gasteiger partial charge in [-0.3, -0.25) is 4.18 Å². The molecule has 1 heterocycles. The van der Waals surface area contributed by atoms with Gasteiger partial charge in [0.15, 0.2) is 0 Å². The summed E-state index contributed by atoms with van der Waals surface area (Å²) in [6, 6.07) is 5.98. The van der Waals surface area contributed by atoms with Crippen LogP contribution in [-0.4, -0.2) is 55.4 Å². The van der Waals surface area contributed by atoms with Gasteiger partial charge in [0.1, 0.15) is 5.60 Å². The maximum absolute atomic E-state index is 12.4. The average Bonchev–Trinajstić information content (AvgIpc) is 2.60. The summed E-state index contributed by atoms with van der Waals surface area (Å²) in [7, 11) is -3.87. The number of hydrogen-bond acceptors (Lipinski definition) is 6. The Bertz CT molecular complexity index is 754. The second kappa shape index (κ2) is 9.24. The molecule has 0 aromatic heterocycles. The molecule has 0 bridgehead atoms. The molecule has 2 atom stereocenters. The van der Waals surface area contributed by atoms with Gasteiger partial charge in [-0.2, -0.15) is 8.42 Å². The molecule has 7 nitrogen and oxygen atoms in total. The summed E-state index contributed by atoms with van der Waals surface area (Å²) in [4.78, 5) is 14.1. The number of carbonyl (C=O) groups excluding carboxylic acids is 1. The highest BCUT2D eigenvalue weighted by molar-refractivity contribution is 7.86. The third-order valence-electron chi connectivity index (χ3n) is 4.58. The zero-order valence-electron chi connectivity index (χ0n) is 17.1. The maximum atomic E-state index is 12.4. The van der Waals surface area contributed by atoms with Crippen LogP contribution in [0.4, 0.5) is 4.79 Å². The van der Waals surface area contributed by atoms with Gasteiger partial charge in [0.2, 0.25) is 0 Å². The molecule has 8 heteroatoms. The summed E-state index contributed by atoms with van der Waals surface area (Å²) in [6.07, 6.45) is 1.15. The number of aliphatic hydroxyl groups excluding tert-OH is 1. The molecule has 2 rings (SSSR count). The molecular weight excluding hydrogens is 382 g/mol. The third kappa shape index (κ3) is 6.46. The lowest BCUT2D eigenvalue weighted by molar-refractivity contribution is -0.0202. The summed E-state index contributed by atoms with van der Waals surface area (Å²) in [5.41, 5.74) is 0.337. The Kier molecular flexibility index (Phi) is 7.47. The van der Waals surface area contributed by atoms with Crippen molar-refractivity contribution >= 4 is 16.2 Å². The number of benzene rings is 1. The van der Waals surface area contributed by atoms with Crippen LogP contribution in [0.3, 0.4) is 0 Å². The van der Waals surface area contributed by atoms with E-state index in [0.717, 1.165) is 18.4 Å². The van der Waals surface area contributed by atoms with Gasteiger partial charge in [-0.25, -0.2) is 4.79 Å². The summed E-state index contributed by atoms with van der Waals surface area (Å²) in [5, 5.41) is 10.6. The molecule has 28 heavy (non-hydrogen) atoms. The number of likely N-dealkylation sites (tertiary alicyclic amines) is 1. The van der Waals surface area contributed by atoms with Crippen LogP contribution < -0.4 is 0 Å². The largest absolute Gasteiger partial charge is 0.444 e. The maximum Gasteiger partial charge on any atom is 0.410 e. The number of amides is 1. The first-order chi connectivity index (χ1) is 13.0. The molecule has 1 N–H and O–H groups in total. The van der Waals surface area contributed by atoms with E-state index in [1.54, 1.807) is 37.8 Å². The van der Waals surface area contributed by atoms with Gasteiger partial charge in [-0.1, -0.05) is 17.7 Å². The van der Waals surface area contributed by atoms with Gasteiger partial charge in [0.05, 0.1) is 23.6 Å². The van der Waals surface area contributed by atoms with E-state index in [1.807, 2.05) is 6.92 Å². The number of nitrogens with zero attached hydrogens (tertiary/aromatic N) is 1. The van der Waals surface area contributed by atoms with Crippen molar-refractivity contribution in [3.63, 3.8) is 0 Å². The fraction of sp³-hybridized carbons (Fsp3) is 0.650. The van der Waals surface area contributed by atoms with Gasteiger partial charge in [-0.05, 0) is 59.1 Å². The molecule has 1 saturated heterocycles. The predicted octanol–water partition coefficient (Wildman–Crippen LogP) is 3.24. The van der Waals surface area contributed by atoms with E-state index in [0.29, 0.717) is 13.0 Å². The van der Waals surface area contributed by atoms with Crippen molar-refractivity contribution < 1.29 is 27.2 Å². The lowest BCUT2D eigenvalue weighted by Gasteiger charge is -2.39. The molecule has 1 aliphatic rings. The Morgan fingerprint density at radius 2 is 1.89 bits per heavy atom. The second-order valence-corrected chi connectivity index (χ2v) is 9.80. The fourth-order valence-electron chi connectivity index (χ4n) is 3.15. The molecule has 1 amide bonds. The van der Waals surface area contributed by atoms with Crippen molar-refractivity contribution in [1.82, 2.24) is 4.90 Å². The van der Waals surface area contributed by atoms with Gasteiger partial charge >= 0.3 is 6.09 Å². The molecule has 0 aliphatic carbocycles. The van der Waals surface area contributed by atoms with Crippen molar-refractivity contribution in [2.75, 3.05) is 13.2 Å². The molecule has 0 spiro atoms. The predicted molar refractivity (Wildman–Crippen MR) is 106 cm³/mol. The quantitative estimate of drug-likeness (QED) is 0.720. The molecule has 1 aromatic rings. The Morgan fingerprint density at radius 3 is 2.50 bits per heavy atom. The van der Waals surface area contributed by atoms with Crippen LogP contribution in [0.25, 0.3) is 0 Å². The van der Waals surface area contributed by atoms with Gasteiger partial charge < -0.3 is 14.7 Å². The summed E-state index contributed by atoms with van der Waals surface area (Å²) >= 11 is 0. The molecule has 0 radical (unpaired) electrons. The highest BCUT2D eigenvalue weighted by Crippen LogP contribution is 2.24. The van der Waals surface area contributed by atoms with Crippen molar-refractivity contribution in [3.8, 4) is 0 Å². The van der Waals surface area contributed by atoms with E-state index in [4.69, 9.17) is 8.92 Å². The average molecular weight is 414 g/mol. The number of hydrogen-bond donors (Lipinski definition) is 1. The topological polar surface area (TPSA) is 93.1 Å². The van der Waals surface area contributed by atoms with Gasteiger partial charge in [0.25, 0.3) is 10.1 Å². The first kappa shape index (κ1) is 22.6. The van der Waals surface area contributed by atoms with Crippen LogP contribution in [0.2, 0.25) is 0 Å². The van der Waals surface area contributed by atoms with Crippen molar-refractivity contribution in [1.29, 1.82) is 0 Å². The van der Waals surface area contributed by atoms with Crippen molar-refractivity contribution in [2.45, 2.75) is 76.0 Å². The number of carbonyl (C=O) groups is 1. The van der Waals surface area contributed by atoms with E-state index in [2.05, 4.69) is 0 Å². The minimum absolute atomic E-state index is 0.0839. The number of piperidine rings is 1. The SMILES string of the molecule is Cc1ccc(S(=O)(=O)OCC[C@@H](O)[C@@H]2CCCCN2C(=O)OC(C)(C)C)cc1. The van der Waals surface area contributed by atoms with Crippen molar-refractivity contribution in [2.24, 2.45) is 0 Å². The zero-order chi connectivity index (χ0) is 20.9. The van der Waals surface area contributed by atoms with Gasteiger partial charge in [-0.15, -0.1) is 0 Å². The van der Waals surface area contributed by atoms with E-state index < -0.39 is 34.0 Å². The van der Waals surface area contributed by atoms with Crippen molar-refractivity contribution in [3.05, 3.63) is 29.8 Å². The second-order valence-electron chi connectivity index (χ2n) is 8.18. The highest BCUT2D eigenvalue weighted by atomic mass is 32.2. The van der Waals surface area contributed by atoms with Crippen LogP contribution in [-0.2, 0) is 19.0 Å². The van der Waals surface area contributed by atoms with E-state index in [-0.39, 0.29) is 17.9 Å². The first-order valence-corrected chi connectivity index (χ1v) is 11.0. The third-order valence-corrected chi connectivity index (χ3v) is 5.91. The lowest BCUT2D eigenvalue weighted by atomic mass is 9.96. The van der Waals surface area contributed by atoms with Gasteiger partial charge in [0, 0.05) is 13.0 Å². The number of ether oxygens (including phenoxy) is 1. The number of aliphatic hydroxyl groups is 1. The Labute approximate surface area is 167 Å². The standard InChI is InChI=1S/C20H31NO6S/c1-15-8-10-16(11-9-15)28(24,25)26-14-12-18(22)17-7-5-6-13-21(17)19(23)27-20(2,3)4/h8-11,17-18,22H,5-7,12-14H2,1-4H3/t17-,18+/m0/s1. The first-order valence-electron chi connectivity index (χ1n) is 9.63. The highest BCUT2D eigenvalue weighted by Gasteiger charge is 2.34. The monoisotopic (exact) mass is 413 g/mol. The summed E-state index contributed by atoms with van der Waals surface area (Å²) in [6.45, 7) is 7.61.